The molecule has 2 aromatic heterocycles. The van der Waals surface area contributed by atoms with E-state index in [0.29, 0.717) is 11.5 Å². The summed E-state index contributed by atoms with van der Waals surface area (Å²) in [5.41, 5.74) is 4.46. The summed E-state index contributed by atoms with van der Waals surface area (Å²) in [5, 5.41) is 12.1. The summed E-state index contributed by atoms with van der Waals surface area (Å²) in [6, 6.07) is -0.236. The molecule has 26 heavy (non-hydrogen) atoms. The number of anilines is 1. The first-order valence-electron chi connectivity index (χ1n) is 9.12. The number of hydrogen-bond acceptors (Lipinski definition) is 5. The maximum absolute atomic E-state index is 12.4. The number of Topliss-reactive ketones (excluding diaryl/α,β-unsaturated/α-hetero) is 1. The van der Waals surface area contributed by atoms with Crippen molar-refractivity contribution in [1.82, 2.24) is 10.6 Å². The van der Waals surface area contributed by atoms with E-state index in [9.17, 15) is 9.59 Å². The highest BCUT2D eigenvalue weighted by Crippen LogP contribution is 2.38. The molecular formula is C19H23N3O2S2. The predicted molar refractivity (Wildman–Crippen MR) is 107 cm³/mol. The van der Waals surface area contributed by atoms with Gasteiger partial charge in [0.25, 0.3) is 0 Å². The van der Waals surface area contributed by atoms with Crippen molar-refractivity contribution in [2.45, 2.75) is 52.1 Å². The molecule has 0 bridgehead atoms. The van der Waals surface area contributed by atoms with E-state index >= 15 is 0 Å². The average Bonchev–Trinajstić information content (AvgIpc) is 3.20. The van der Waals surface area contributed by atoms with Gasteiger partial charge in [-0.2, -0.15) is 0 Å². The Hall–Kier alpha value is -1.70. The summed E-state index contributed by atoms with van der Waals surface area (Å²) in [6.07, 6.45) is 5.25. The van der Waals surface area contributed by atoms with Gasteiger partial charge in [0.1, 0.15) is 5.00 Å². The summed E-state index contributed by atoms with van der Waals surface area (Å²) in [7, 11) is 0. The van der Waals surface area contributed by atoms with Crippen LogP contribution < -0.4 is 16.0 Å². The van der Waals surface area contributed by atoms with Crippen LogP contribution in [-0.4, -0.2) is 18.4 Å². The molecule has 2 amide bonds. The quantitative estimate of drug-likeness (QED) is 0.696. The summed E-state index contributed by atoms with van der Waals surface area (Å²) in [6.45, 7) is 4.03. The zero-order valence-corrected chi connectivity index (χ0v) is 16.5. The Morgan fingerprint density at radius 1 is 1.15 bits per heavy atom. The van der Waals surface area contributed by atoms with Crippen LogP contribution in [0.2, 0.25) is 0 Å². The van der Waals surface area contributed by atoms with Crippen LogP contribution in [0.15, 0.2) is 5.38 Å². The molecule has 1 aliphatic heterocycles. The molecule has 0 unspecified atom stereocenters. The zero-order chi connectivity index (χ0) is 18.1. The molecule has 5 nitrogen and oxygen atoms in total. The second-order valence-electron chi connectivity index (χ2n) is 6.87. The topological polar surface area (TPSA) is 70.2 Å². The first-order valence-corrected chi connectivity index (χ1v) is 10.8. The molecule has 0 spiro atoms. The van der Waals surface area contributed by atoms with Gasteiger partial charge >= 0.3 is 6.03 Å². The Kier molecular flexibility index (Phi) is 5.11. The van der Waals surface area contributed by atoms with Crippen LogP contribution >= 0.6 is 22.7 Å². The van der Waals surface area contributed by atoms with Crippen molar-refractivity contribution in [3.8, 4) is 0 Å². The van der Waals surface area contributed by atoms with Crippen molar-refractivity contribution >= 4 is 39.5 Å². The lowest BCUT2D eigenvalue weighted by atomic mass is 9.94. The van der Waals surface area contributed by atoms with Gasteiger partial charge < -0.3 is 10.6 Å². The molecule has 138 valence electrons. The minimum absolute atomic E-state index is 0.0408. The fourth-order valence-corrected chi connectivity index (χ4v) is 6.23. The minimum Gasteiger partial charge on any atom is -0.334 e. The van der Waals surface area contributed by atoms with Gasteiger partial charge in [0, 0.05) is 22.8 Å². The second-order valence-corrected chi connectivity index (χ2v) is 8.94. The number of carbonyl (C=O) groups excluding carboxylic acids is 2. The molecule has 2 aliphatic rings. The average molecular weight is 390 g/mol. The van der Waals surface area contributed by atoms with Crippen LogP contribution in [0.1, 0.15) is 56.6 Å². The highest BCUT2D eigenvalue weighted by Gasteiger charge is 2.24. The summed E-state index contributed by atoms with van der Waals surface area (Å²) < 4.78 is 0. The highest BCUT2D eigenvalue weighted by molar-refractivity contribution is 7.17. The van der Waals surface area contributed by atoms with Gasteiger partial charge in [-0.1, -0.05) is 0 Å². The Labute approximate surface area is 161 Å². The molecule has 7 heteroatoms. The van der Waals surface area contributed by atoms with E-state index in [0.717, 1.165) is 56.3 Å². The first kappa shape index (κ1) is 17.7. The van der Waals surface area contributed by atoms with Crippen LogP contribution in [0, 0.1) is 0 Å². The van der Waals surface area contributed by atoms with Crippen molar-refractivity contribution in [3.63, 3.8) is 0 Å². The number of ketones is 1. The monoisotopic (exact) mass is 389 g/mol. The standard InChI is InChI=1S/C19H23N3O2S2/c1-11(23)17-14-4-2-3-5-15(14)26-18(17)22-19(24)21-8-12-10-25-16-9-20-7-6-13(12)16/h10,20H,2-9H2,1H3,(H2,21,22,24). The van der Waals surface area contributed by atoms with E-state index in [-0.39, 0.29) is 11.8 Å². The molecular weight excluding hydrogens is 366 g/mol. The third-order valence-electron chi connectivity index (χ3n) is 5.09. The van der Waals surface area contributed by atoms with Crippen LogP contribution in [0.3, 0.4) is 0 Å². The zero-order valence-electron chi connectivity index (χ0n) is 14.9. The first-order chi connectivity index (χ1) is 12.6. The number of urea groups is 1. The fraction of sp³-hybridized carbons (Fsp3) is 0.474. The molecule has 0 atom stereocenters. The minimum atomic E-state index is -0.236. The SMILES string of the molecule is CC(=O)c1c(NC(=O)NCc2csc3c2CCNC3)sc2c1CCCC2. The lowest BCUT2D eigenvalue weighted by Gasteiger charge is -2.14. The third-order valence-corrected chi connectivity index (χ3v) is 7.38. The van der Waals surface area contributed by atoms with Crippen molar-refractivity contribution in [2.24, 2.45) is 0 Å². The molecule has 4 rings (SSSR count). The number of nitrogens with one attached hydrogen (secondary N) is 3. The number of hydrogen-bond donors (Lipinski definition) is 3. The molecule has 2 aromatic rings. The normalized spacial score (nSPS) is 15.9. The van der Waals surface area contributed by atoms with E-state index in [4.69, 9.17) is 0 Å². The lowest BCUT2D eigenvalue weighted by molar-refractivity contribution is 0.101. The fourth-order valence-electron chi connectivity index (χ4n) is 3.82. The number of carbonyl (C=O) groups is 2. The van der Waals surface area contributed by atoms with Crippen LogP contribution in [-0.2, 0) is 32.4 Å². The molecule has 3 heterocycles. The van der Waals surface area contributed by atoms with Gasteiger partial charge in [-0.05, 0) is 67.6 Å². The molecule has 0 aromatic carbocycles. The van der Waals surface area contributed by atoms with E-state index in [2.05, 4.69) is 21.3 Å². The second kappa shape index (κ2) is 7.50. The highest BCUT2D eigenvalue weighted by atomic mass is 32.1. The summed E-state index contributed by atoms with van der Waals surface area (Å²) in [5.74, 6) is 0.0408. The van der Waals surface area contributed by atoms with Crippen molar-refractivity contribution in [3.05, 3.63) is 37.4 Å². The third kappa shape index (κ3) is 3.43. The van der Waals surface area contributed by atoms with E-state index in [1.807, 2.05) is 0 Å². The van der Waals surface area contributed by atoms with E-state index < -0.39 is 0 Å². The van der Waals surface area contributed by atoms with Gasteiger partial charge in [-0.15, -0.1) is 22.7 Å². The number of rotatable bonds is 4. The summed E-state index contributed by atoms with van der Waals surface area (Å²) in [4.78, 5) is 27.2. The molecule has 1 aliphatic carbocycles. The smallest absolute Gasteiger partial charge is 0.320 e. The molecule has 0 fully saturated rings. The van der Waals surface area contributed by atoms with Crippen LogP contribution in [0.25, 0.3) is 0 Å². The number of aryl methyl sites for hydroxylation is 1. The van der Waals surface area contributed by atoms with Crippen molar-refractivity contribution in [2.75, 3.05) is 11.9 Å². The Bertz CT molecular complexity index is 853. The number of amides is 2. The molecule has 0 saturated heterocycles. The predicted octanol–water partition coefficient (Wildman–Crippen LogP) is 3.86. The summed E-state index contributed by atoms with van der Waals surface area (Å²) >= 11 is 3.32. The maximum Gasteiger partial charge on any atom is 0.320 e. The van der Waals surface area contributed by atoms with Gasteiger partial charge in [0.2, 0.25) is 0 Å². The Morgan fingerprint density at radius 3 is 2.85 bits per heavy atom. The maximum atomic E-state index is 12.4. The van der Waals surface area contributed by atoms with Crippen molar-refractivity contribution in [1.29, 1.82) is 0 Å². The largest absolute Gasteiger partial charge is 0.334 e. The van der Waals surface area contributed by atoms with Crippen molar-refractivity contribution < 1.29 is 9.59 Å². The number of thiophene rings is 2. The van der Waals surface area contributed by atoms with Gasteiger partial charge in [-0.25, -0.2) is 4.79 Å². The lowest BCUT2D eigenvalue weighted by Crippen LogP contribution is -2.29. The van der Waals surface area contributed by atoms with E-state index in [1.165, 1.54) is 20.9 Å². The van der Waals surface area contributed by atoms with Gasteiger partial charge in [0.15, 0.2) is 5.78 Å². The Balaban J connectivity index is 1.45. The van der Waals surface area contributed by atoms with Crippen LogP contribution in [0.4, 0.5) is 9.80 Å². The Morgan fingerprint density at radius 2 is 2.00 bits per heavy atom. The molecule has 3 N–H and O–H groups in total. The van der Waals surface area contributed by atoms with Gasteiger partial charge in [-0.3, -0.25) is 10.1 Å². The van der Waals surface area contributed by atoms with Gasteiger partial charge in [0.05, 0.1) is 5.56 Å². The molecule has 0 saturated carbocycles. The number of fused-ring (bicyclic) bond motifs is 2. The van der Waals surface area contributed by atoms with Crippen LogP contribution in [0.5, 0.6) is 0 Å². The van der Waals surface area contributed by atoms with E-state index in [1.54, 1.807) is 29.6 Å². The molecule has 0 radical (unpaired) electrons.